The van der Waals surface area contributed by atoms with Gasteiger partial charge < -0.3 is 15.8 Å². The quantitative estimate of drug-likeness (QED) is 0.872. The molecule has 1 atom stereocenters. The lowest BCUT2D eigenvalue weighted by atomic mass is 10.1. The molecular formula is C19H25N3O3. The summed E-state index contributed by atoms with van der Waals surface area (Å²) in [7, 11) is 0. The Morgan fingerprint density at radius 1 is 1.24 bits per heavy atom. The zero-order valence-electron chi connectivity index (χ0n) is 14.9. The van der Waals surface area contributed by atoms with Crippen LogP contribution in [0.1, 0.15) is 26.3 Å². The molecule has 0 aliphatic carbocycles. The molecule has 1 aromatic heterocycles. The van der Waals surface area contributed by atoms with E-state index in [9.17, 15) is 9.59 Å². The van der Waals surface area contributed by atoms with Crippen molar-refractivity contribution in [1.82, 2.24) is 9.88 Å². The van der Waals surface area contributed by atoms with Gasteiger partial charge in [-0.1, -0.05) is 18.2 Å². The summed E-state index contributed by atoms with van der Waals surface area (Å²) >= 11 is 0. The van der Waals surface area contributed by atoms with E-state index in [1.165, 1.54) is 0 Å². The van der Waals surface area contributed by atoms with Crippen molar-refractivity contribution in [1.29, 1.82) is 0 Å². The molecule has 0 saturated carbocycles. The number of nitrogens with zero attached hydrogens (tertiary/aromatic N) is 1. The van der Waals surface area contributed by atoms with Crippen molar-refractivity contribution in [2.75, 3.05) is 6.54 Å². The fourth-order valence-corrected chi connectivity index (χ4v) is 2.35. The Morgan fingerprint density at radius 2 is 1.92 bits per heavy atom. The number of aromatic nitrogens is 1. The molecule has 3 N–H and O–H groups in total. The molecular weight excluding hydrogens is 318 g/mol. The molecule has 1 aromatic carbocycles. The second-order valence-electron chi connectivity index (χ2n) is 6.93. The summed E-state index contributed by atoms with van der Waals surface area (Å²) in [5.41, 5.74) is 7.02. The standard InChI is InChI=1S/C19H25N3O3/c1-19(2,3)25-18(24)21-13-15(20)11-14-9-10-22(17(23)12-14)16-7-5-4-6-8-16/h4-10,12,15H,11,13,20H2,1-3H3,(H,21,24). The van der Waals surface area contributed by atoms with Crippen LogP contribution in [0.2, 0.25) is 0 Å². The van der Waals surface area contributed by atoms with Gasteiger partial charge in [0.25, 0.3) is 5.56 Å². The summed E-state index contributed by atoms with van der Waals surface area (Å²) < 4.78 is 6.74. The van der Waals surface area contributed by atoms with Gasteiger partial charge in [0.2, 0.25) is 0 Å². The lowest BCUT2D eigenvalue weighted by Crippen LogP contribution is -2.41. The van der Waals surface area contributed by atoms with Crippen LogP contribution in [0.4, 0.5) is 4.79 Å². The fourth-order valence-electron chi connectivity index (χ4n) is 2.35. The molecule has 0 spiro atoms. The molecule has 0 saturated heterocycles. The first-order valence-electron chi connectivity index (χ1n) is 8.24. The van der Waals surface area contributed by atoms with Gasteiger partial charge in [-0.25, -0.2) is 4.79 Å². The maximum atomic E-state index is 12.3. The summed E-state index contributed by atoms with van der Waals surface area (Å²) in [6.45, 7) is 5.67. The highest BCUT2D eigenvalue weighted by Gasteiger charge is 2.16. The summed E-state index contributed by atoms with van der Waals surface area (Å²) in [4.78, 5) is 23.9. The minimum Gasteiger partial charge on any atom is -0.444 e. The van der Waals surface area contributed by atoms with Crippen molar-refractivity contribution >= 4 is 6.09 Å². The molecule has 0 aliphatic rings. The lowest BCUT2D eigenvalue weighted by molar-refractivity contribution is 0.0524. The van der Waals surface area contributed by atoms with Gasteiger partial charge in [-0.05, 0) is 51.0 Å². The number of hydrogen-bond donors (Lipinski definition) is 2. The average Bonchev–Trinajstić information content (AvgIpc) is 2.52. The van der Waals surface area contributed by atoms with Crippen LogP contribution in [0.5, 0.6) is 0 Å². The SMILES string of the molecule is CC(C)(C)OC(=O)NCC(N)Cc1ccn(-c2ccccc2)c(=O)c1. The summed E-state index contributed by atoms with van der Waals surface area (Å²) in [5.74, 6) is 0. The predicted octanol–water partition coefficient (Wildman–Crippen LogP) is 2.23. The Bertz CT molecular complexity index is 763. The number of ether oxygens (including phenoxy) is 1. The van der Waals surface area contributed by atoms with Crippen LogP contribution in [0.3, 0.4) is 0 Å². The molecule has 6 nitrogen and oxygen atoms in total. The summed E-state index contributed by atoms with van der Waals surface area (Å²) in [5, 5.41) is 2.64. The molecule has 1 unspecified atom stereocenters. The smallest absolute Gasteiger partial charge is 0.407 e. The van der Waals surface area contributed by atoms with E-state index in [2.05, 4.69) is 5.32 Å². The number of para-hydroxylation sites is 1. The van der Waals surface area contributed by atoms with E-state index < -0.39 is 11.7 Å². The topological polar surface area (TPSA) is 86.3 Å². The van der Waals surface area contributed by atoms with E-state index in [1.54, 1.807) is 37.6 Å². The maximum absolute atomic E-state index is 12.3. The van der Waals surface area contributed by atoms with Crippen LogP contribution < -0.4 is 16.6 Å². The highest BCUT2D eigenvalue weighted by atomic mass is 16.6. The van der Waals surface area contributed by atoms with Gasteiger partial charge in [-0.15, -0.1) is 0 Å². The zero-order valence-corrected chi connectivity index (χ0v) is 14.9. The minimum atomic E-state index is -0.546. The maximum Gasteiger partial charge on any atom is 0.407 e. The van der Waals surface area contributed by atoms with Gasteiger partial charge in [0.15, 0.2) is 0 Å². The second kappa shape index (κ2) is 7.98. The molecule has 0 fully saturated rings. The van der Waals surface area contributed by atoms with Gasteiger partial charge in [0.05, 0.1) is 0 Å². The minimum absolute atomic E-state index is 0.115. The number of pyridine rings is 1. The summed E-state index contributed by atoms with van der Waals surface area (Å²) in [6.07, 6.45) is 1.73. The van der Waals surface area contributed by atoms with Crippen LogP contribution in [-0.2, 0) is 11.2 Å². The Labute approximate surface area is 147 Å². The summed E-state index contributed by atoms with van der Waals surface area (Å²) in [6, 6.07) is 12.5. The van der Waals surface area contributed by atoms with E-state index in [1.807, 2.05) is 36.4 Å². The van der Waals surface area contributed by atoms with Crippen molar-refractivity contribution in [2.45, 2.75) is 38.8 Å². The molecule has 6 heteroatoms. The number of carbonyl (C=O) groups is 1. The zero-order chi connectivity index (χ0) is 18.4. The molecule has 0 aliphatic heterocycles. The lowest BCUT2D eigenvalue weighted by Gasteiger charge is -2.20. The van der Waals surface area contributed by atoms with Crippen molar-refractivity contribution in [3.63, 3.8) is 0 Å². The predicted molar refractivity (Wildman–Crippen MR) is 98.0 cm³/mol. The number of amides is 1. The largest absolute Gasteiger partial charge is 0.444 e. The van der Waals surface area contributed by atoms with E-state index in [0.717, 1.165) is 11.3 Å². The number of benzene rings is 1. The van der Waals surface area contributed by atoms with Crippen molar-refractivity contribution in [3.05, 3.63) is 64.6 Å². The van der Waals surface area contributed by atoms with Crippen molar-refractivity contribution in [3.8, 4) is 5.69 Å². The Hall–Kier alpha value is -2.60. The number of nitrogens with two attached hydrogens (primary N) is 1. The average molecular weight is 343 g/mol. The molecule has 1 amide bonds. The first-order valence-corrected chi connectivity index (χ1v) is 8.24. The van der Waals surface area contributed by atoms with E-state index in [4.69, 9.17) is 10.5 Å². The van der Waals surface area contributed by atoms with E-state index >= 15 is 0 Å². The molecule has 0 radical (unpaired) electrons. The molecule has 1 heterocycles. The molecule has 2 aromatic rings. The highest BCUT2D eigenvalue weighted by Crippen LogP contribution is 2.07. The van der Waals surface area contributed by atoms with Gasteiger partial charge in [-0.2, -0.15) is 0 Å². The molecule has 0 bridgehead atoms. The molecule has 134 valence electrons. The van der Waals surface area contributed by atoms with Crippen molar-refractivity contribution < 1.29 is 9.53 Å². The van der Waals surface area contributed by atoms with Crippen LogP contribution in [0.15, 0.2) is 53.5 Å². The third-order valence-electron chi connectivity index (χ3n) is 3.42. The third-order valence-corrected chi connectivity index (χ3v) is 3.42. The van der Waals surface area contributed by atoms with Crippen LogP contribution in [0, 0.1) is 0 Å². The number of alkyl carbamates (subject to hydrolysis) is 1. The molecule has 25 heavy (non-hydrogen) atoms. The van der Waals surface area contributed by atoms with Crippen LogP contribution in [0.25, 0.3) is 5.69 Å². The van der Waals surface area contributed by atoms with E-state index in [-0.39, 0.29) is 18.1 Å². The number of nitrogens with one attached hydrogen (secondary N) is 1. The monoisotopic (exact) mass is 343 g/mol. The first kappa shape index (κ1) is 18.7. The Morgan fingerprint density at radius 3 is 2.52 bits per heavy atom. The first-order chi connectivity index (χ1) is 11.7. The van der Waals surface area contributed by atoms with Gasteiger partial charge in [0, 0.05) is 30.5 Å². The normalized spacial score (nSPS) is 12.5. The highest BCUT2D eigenvalue weighted by molar-refractivity contribution is 5.67. The number of rotatable bonds is 5. The third kappa shape index (κ3) is 6.08. The Balaban J connectivity index is 1.93. The molecule has 2 rings (SSSR count). The van der Waals surface area contributed by atoms with Gasteiger partial charge in [-0.3, -0.25) is 9.36 Å². The number of hydrogen-bond acceptors (Lipinski definition) is 4. The van der Waals surface area contributed by atoms with E-state index in [0.29, 0.717) is 6.42 Å². The Kier molecular flexibility index (Phi) is 5.98. The van der Waals surface area contributed by atoms with Gasteiger partial charge >= 0.3 is 6.09 Å². The van der Waals surface area contributed by atoms with Crippen LogP contribution >= 0.6 is 0 Å². The fraction of sp³-hybridized carbons (Fsp3) is 0.368. The van der Waals surface area contributed by atoms with Crippen LogP contribution in [-0.4, -0.2) is 28.8 Å². The van der Waals surface area contributed by atoms with Crippen molar-refractivity contribution in [2.24, 2.45) is 5.73 Å². The van der Waals surface area contributed by atoms with Gasteiger partial charge in [0.1, 0.15) is 5.60 Å². The number of carbonyl (C=O) groups excluding carboxylic acids is 1. The second-order valence-corrected chi connectivity index (χ2v) is 6.93.